The van der Waals surface area contributed by atoms with Gasteiger partial charge in [-0.3, -0.25) is 0 Å². The Labute approximate surface area is 117 Å². The Morgan fingerprint density at radius 2 is 1.35 bits per heavy atom. The maximum atomic E-state index is 9.36. The maximum absolute atomic E-state index is 9.36. The zero-order chi connectivity index (χ0) is 14.4. The number of benzene rings is 2. The van der Waals surface area contributed by atoms with Gasteiger partial charge in [-0.25, -0.2) is 0 Å². The van der Waals surface area contributed by atoms with E-state index in [-0.39, 0.29) is 11.5 Å². The summed E-state index contributed by atoms with van der Waals surface area (Å²) in [6, 6.07) is 13.5. The van der Waals surface area contributed by atoms with Crippen molar-refractivity contribution in [3.8, 4) is 11.5 Å². The molecule has 0 fully saturated rings. The highest BCUT2D eigenvalue weighted by atomic mass is 16.6. The first-order valence-corrected chi connectivity index (χ1v) is 6.49. The van der Waals surface area contributed by atoms with Crippen LogP contribution in [0, 0.1) is 0 Å². The van der Waals surface area contributed by atoms with Gasteiger partial charge in [0.15, 0.2) is 0 Å². The molecule has 0 aliphatic carbocycles. The molecule has 2 rings (SSSR count). The molecule has 0 heterocycles. The molecule has 0 saturated carbocycles. The highest BCUT2D eigenvalue weighted by molar-refractivity contribution is 6.12. The fraction of sp³-hybridized carbons (Fsp3) is 0.188. The summed E-state index contributed by atoms with van der Waals surface area (Å²) < 4.78 is 0. The summed E-state index contributed by atoms with van der Waals surface area (Å²) in [6.45, 7) is 2.55. The summed E-state index contributed by atoms with van der Waals surface area (Å²) in [5.74, 6) is 0.404. The Kier molecular flexibility index (Phi) is 4.60. The fourth-order valence-corrected chi connectivity index (χ4v) is 1.71. The molecule has 2 aromatic rings. The average molecular weight is 271 g/mol. The lowest BCUT2D eigenvalue weighted by atomic mass is 10.0. The van der Waals surface area contributed by atoms with Gasteiger partial charge in [-0.1, -0.05) is 12.1 Å². The minimum absolute atomic E-state index is 0.202. The van der Waals surface area contributed by atoms with Crippen molar-refractivity contribution in [2.75, 3.05) is 6.61 Å². The number of hydrogen-bond donors (Lipinski definition) is 2. The van der Waals surface area contributed by atoms with Crippen molar-refractivity contribution < 1.29 is 15.1 Å². The second kappa shape index (κ2) is 6.61. The van der Waals surface area contributed by atoms with Crippen LogP contribution in [0.5, 0.6) is 11.5 Å². The van der Waals surface area contributed by atoms with E-state index in [1.807, 2.05) is 6.92 Å². The number of nitrogens with zero attached hydrogens (tertiary/aromatic N) is 1. The summed E-state index contributed by atoms with van der Waals surface area (Å²) in [7, 11) is 0. The van der Waals surface area contributed by atoms with Gasteiger partial charge in [0.1, 0.15) is 23.8 Å². The number of oxime groups is 1. The largest absolute Gasteiger partial charge is 0.508 e. The Balaban J connectivity index is 2.36. The van der Waals surface area contributed by atoms with Crippen molar-refractivity contribution in [2.45, 2.75) is 13.3 Å². The van der Waals surface area contributed by atoms with E-state index in [0.29, 0.717) is 12.3 Å². The molecule has 0 aliphatic rings. The number of phenolic OH excluding ortho intramolecular Hbond substituents is 2. The minimum Gasteiger partial charge on any atom is -0.508 e. The molecule has 0 aromatic heterocycles. The summed E-state index contributed by atoms with van der Waals surface area (Å²) in [5.41, 5.74) is 2.34. The average Bonchev–Trinajstić information content (AvgIpc) is 2.46. The van der Waals surface area contributed by atoms with E-state index in [0.717, 1.165) is 17.5 Å². The summed E-state index contributed by atoms with van der Waals surface area (Å²) in [5, 5.41) is 22.9. The van der Waals surface area contributed by atoms with Gasteiger partial charge in [0.2, 0.25) is 0 Å². The Morgan fingerprint density at radius 3 is 1.75 bits per heavy atom. The van der Waals surface area contributed by atoms with E-state index in [1.54, 1.807) is 48.5 Å². The van der Waals surface area contributed by atoms with Crippen molar-refractivity contribution in [1.82, 2.24) is 0 Å². The lowest BCUT2D eigenvalue weighted by Gasteiger charge is -2.07. The van der Waals surface area contributed by atoms with Gasteiger partial charge >= 0.3 is 0 Å². The van der Waals surface area contributed by atoms with Gasteiger partial charge in [-0.2, -0.15) is 0 Å². The number of phenols is 2. The standard InChI is InChI=1S/C16H17NO3/c1-2-11-20-17-16(12-3-7-14(18)8-4-12)13-5-9-15(19)10-6-13/h3-10,18-19H,2,11H2,1H3. The maximum Gasteiger partial charge on any atom is 0.117 e. The molecule has 4 heteroatoms. The van der Waals surface area contributed by atoms with Crippen LogP contribution in [0.1, 0.15) is 24.5 Å². The molecule has 0 radical (unpaired) electrons. The lowest BCUT2D eigenvalue weighted by Crippen LogP contribution is -2.04. The van der Waals surface area contributed by atoms with Crippen molar-refractivity contribution in [3.05, 3.63) is 59.7 Å². The minimum atomic E-state index is 0.202. The molecule has 20 heavy (non-hydrogen) atoms. The number of rotatable bonds is 5. The van der Waals surface area contributed by atoms with Crippen LogP contribution in [0.25, 0.3) is 0 Å². The molecule has 0 bridgehead atoms. The molecule has 2 aromatic carbocycles. The van der Waals surface area contributed by atoms with Crippen molar-refractivity contribution in [1.29, 1.82) is 0 Å². The van der Waals surface area contributed by atoms with Gasteiger partial charge in [0.25, 0.3) is 0 Å². The first-order chi connectivity index (χ1) is 9.70. The summed E-state index contributed by atoms with van der Waals surface area (Å²) in [6.07, 6.45) is 0.877. The Hall–Kier alpha value is -2.49. The topological polar surface area (TPSA) is 62.0 Å². The van der Waals surface area contributed by atoms with E-state index in [1.165, 1.54) is 0 Å². The van der Waals surface area contributed by atoms with Crippen molar-refractivity contribution >= 4 is 5.71 Å². The lowest BCUT2D eigenvalue weighted by molar-refractivity contribution is 0.145. The van der Waals surface area contributed by atoms with E-state index in [4.69, 9.17) is 4.84 Å². The van der Waals surface area contributed by atoms with Crippen LogP contribution in [0.15, 0.2) is 53.7 Å². The molecule has 4 nitrogen and oxygen atoms in total. The van der Waals surface area contributed by atoms with Crippen LogP contribution in [0.2, 0.25) is 0 Å². The third-order valence-electron chi connectivity index (χ3n) is 2.73. The molecule has 0 saturated heterocycles. The molecule has 0 unspecified atom stereocenters. The van der Waals surface area contributed by atoms with Crippen LogP contribution in [-0.2, 0) is 4.84 Å². The quantitative estimate of drug-likeness (QED) is 0.498. The van der Waals surface area contributed by atoms with Gasteiger partial charge in [-0.05, 0) is 55.0 Å². The van der Waals surface area contributed by atoms with Gasteiger partial charge < -0.3 is 15.1 Å². The van der Waals surface area contributed by atoms with Gasteiger partial charge in [-0.15, -0.1) is 0 Å². The smallest absolute Gasteiger partial charge is 0.117 e. The highest BCUT2D eigenvalue weighted by Gasteiger charge is 2.08. The van der Waals surface area contributed by atoms with E-state index >= 15 is 0 Å². The van der Waals surface area contributed by atoms with Gasteiger partial charge in [0, 0.05) is 11.1 Å². The predicted octanol–water partition coefficient (Wildman–Crippen LogP) is 3.28. The number of aromatic hydroxyl groups is 2. The van der Waals surface area contributed by atoms with Crippen LogP contribution in [0.3, 0.4) is 0 Å². The second-order valence-electron chi connectivity index (χ2n) is 4.37. The third-order valence-corrected chi connectivity index (χ3v) is 2.73. The van der Waals surface area contributed by atoms with Crippen LogP contribution >= 0.6 is 0 Å². The van der Waals surface area contributed by atoms with Gasteiger partial charge in [0.05, 0.1) is 0 Å². The highest BCUT2D eigenvalue weighted by Crippen LogP contribution is 2.17. The summed E-state index contributed by atoms with van der Waals surface area (Å²) >= 11 is 0. The van der Waals surface area contributed by atoms with Crippen LogP contribution in [-0.4, -0.2) is 22.5 Å². The zero-order valence-corrected chi connectivity index (χ0v) is 11.3. The fourth-order valence-electron chi connectivity index (χ4n) is 1.71. The van der Waals surface area contributed by atoms with E-state index in [9.17, 15) is 10.2 Å². The van der Waals surface area contributed by atoms with Crippen LogP contribution in [0.4, 0.5) is 0 Å². The van der Waals surface area contributed by atoms with Crippen molar-refractivity contribution in [2.24, 2.45) is 5.16 Å². The molecule has 0 spiro atoms. The molecular weight excluding hydrogens is 254 g/mol. The molecular formula is C16H17NO3. The first-order valence-electron chi connectivity index (χ1n) is 6.49. The normalized spacial score (nSPS) is 10.1. The van der Waals surface area contributed by atoms with E-state index in [2.05, 4.69) is 5.16 Å². The predicted molar refractivity (Wildman–Crippen MR) is 78.1 cm³/mol. The first kappa shape index (κ1) is 13.9. The SMILES string of the molecule is CCCON=C(c1ccc(O)cc1)c1ccc(O)cc1. The molecule has 2 N–H and O–H groups in total. The monoisotopic (exact) mass is 271 g/mol. The van der Waals surface area contributed by atoms with Crippen molar-refractivity contribution in [3.63, 3.8) is 0 Å². The molecule has 0 amide bonds. The van der Waals surface area contributed by atoms with E-state index < -0.39 is 0 Å². The zero-order valence-electron chi connectivity index (χ0n) is 11.3. The number of hydrogen-bond acceptors (Lipinski definition) is 4. The molecule has 0 aliphatic heterocycles. The van der Waals surface area contributed by atoms with Crippen LogP contribution < -0.4 is 0 Å². The molecule has 0 atom stereocenters. The Bertz CT molecular complexity index is 526. The Morgan fingerprint density at radius 1 is 0.900 bits per heavy atom. The third kappa shape index (κ3) is 3.51. The second-order valence-corrected chi connectivity index (χ2v) is 4.37. The summed E-state index contributed by atoms with van der Waals surface area (Å²) in [4.78, 5) is 5.28. The molecule has 104 valence electrons.